The first-order valence-corrected chi connectivity index (χ1v) is 8.29. The molecule has 0 spiro atoms. The zero-order valence-electron chi connectivity index (χ0n) is 13.7. The number of ether oxygens (including phenoxy) is 2. The molecule has 3 rings (SSSR count). The minimum atomic E-state index is -0.452. The van der Waals surface area contributed by atoms with Crippen molar-refractivity contribution in [2.24, 2.45) is 0 Å². The van der Waals surface area contributed by atoms with Gasteiger partial charge in [-0.3, -0.25) is 4.79 Å². The van der Waals surface area contributed by atoms with Gasteiger partial charge in [-0.25, -0.2) is 4.79 Å². The Morgan fingerprint density at radius 2 is 1.42 bits per heavy atom. The molecule has 0 N–H and O–H groups in total. The third-order valence-corrected chi connectivity index (χ3v) is 3.90. The highest BCUT2D eigenvalue weighted by molar-refractivity contribution is 6.32. The van der Waals surface area contributed by atoms with E-state index in [1.807, 2.05) is 6.07 Å². The highest BCUT2D eigenvalue weighted by Crippen LogP contribution is 2.23. The van der Waals surface area contributed by atoms with E-state index in [0.29, 0.717) is 27.6 Å². The summed E-state index contributed by atoms with van der Waals surface area (Å²) in [4.78, 5) is 24.2. The smallest absolute Gasteiger partial charge is 0.343 e. The third-order valence-electron chi connectivity index (χ3n) is 3.59. The minimum absolute atomic E-state index is 0.132. The number of carbonyl (C=O) groups is 2. The standard InChI is InChI=1S/C21H15ClO4/c22-18-8-4-5-9-20(18)25-14-19(23)15-10-12-17(13-11-15)26-21(24)16-6-2-1-3-7-16/h1-13H,14H2. The molecule has 26 heavy (non-hydrogen) atoms. The molecule has 0 aliphatic rings. The summed E-state index contributed by atoms with van der Waals surface area (Å²) in [6.45, 7) is -0.132. The molecule has 0 bridgehead atoms. The number of benzene rings is 3. The molecule has 4 nitrogen and oxygen atoms in total. The van der Waals surface area contributed by atoms with E-state index in [1.54, 1.807) is 72.8 Å². The fourth-order valence-corrected chi connectivity index (χ4v) is 2.43. The van der Waals surface area contributed by atoms with Crippen LogP contribution in [-0.2, 0) is 0 Å². The van der Waals surface area contributed by atoms with Gasteiger partial charge in [-0.15, -0.1) is 0 Å². The highest BCUT2D eigenvalue weighted by atomic mass is 35.5. The van der Waals surface area contributed by atoms with Crippen LogP contribution in [0.4, 0.5) is 0 Å². The average Bonchev–Trinajstić information content (AvgIpc) is 2.68. The molecule has 0 heterocycles. The van der Waals surface area contributed by atoms with Gasteiger partial charge in [0.25, 0.3) is 0 Å². The maximum absolute atomic E-state index is 12.2. The number of Topliss-reactive ketones (excluding diaryl/α,β-unsaturated/α-hetero) is 1. The van der Waals surface area contributed by atoms with Crippen molar-refractivity contribution in [2.75, 3.05) is 6.61 Å². The Bertz CT molecular complexity index is 905. The predicted octanol–water partition coefficient (Wildman–Crippen LogP) is 4.82. The van der Waals surface area contributed by atoms with E-state index in [-0.39, 0.29) is 12.4 Å². The van der Waals surface area contributed by atoms with E-state index in [0.717, 1.165) is 0 Å². The van der Waals surface area contributed by atoms with Gasteiger partial charge in [0, 0.05) is 5.56 Å². The summed E-state index contributed by atoms with van der Waals surface area (Å²) >= 11 is 5.99. The molecular formula is C21H15ClO4. The molecule has 3 aromatic carbocycles. The van der Waals surface area contributed by atoms with Gasteiger partial charge in [0.2, 0.25) is 0 Å². The Morgan fingerprint density at radius 3 is 2.12 bits per heavy atom. The van der Waals surface area contributed by atoms with E-state index in [1.165, 1.54) is 0 Å². The molecule has 0 aromatic heterocycles. The average molecular weight is 367 g/mol. The van der Waals surface area contributed by atoms with Crippen LogP contribution in [0, 0.1) is 0 Å². The summed E-state index contributed by atoms with van der Waals surface area (Å²) in [6, 6.07) is 22.0. The van der Waals surface area contributed by atoms with Gasteiger partial charge in [-0.2, -0.15) is 0 Å². The summed E-state index contributed by atoms with van der Waals surface area (Å²) in [6.07, 6.45) is 0. The number of rotatable bonds is 6. The molecule has 5 heteroatoms. The van der Waals surface area contributed by atoms with E-state index < -0.39 is 5.97 Å². The van der Waals surface area contributed by atoms with Crippen LogP contribution in [0.2, 0.25) is 5.02 Å². The normalized spacial score (nSPS) is 10.2. The Morgan fingerprint density at radius 1 is 0.769 bits per heavy atom. The first-order valence-electron chi connectivity index (χ1n) is 7.91. The number of halogens is 1. The summed E-state index contributed by atoms with van der Waals surface area (Å²) < 4.78 is 10.7. The molecule has 0 atom stereocenters. The van der Waals surface area contributed by atoms with Crippen LogP contribution < -0.4 is 9.47 Å². The van der Waals surface area contributed by atoms with Gasteiger partial charge in [-0.1, -0.05) is 41.9 Å². The van der Waals surface area contributed by atoms with Crippen LogP contribution in [0.5, 0.6) is 11.5 Å². The second kappa shape index (κ2) is 8.32. The summed E-state index contributed by atoms with van der Waals surface area (Å²) in [7, 11) is 0. The molecule has 0 saturated heterocycles. The van der Waals surface area contributed by atoms with Crippen LogP contribution in [0.25, 0.3) is 0 Å². The Hall–Kier alpha value is -3.11. The van der Waals surface area contributed by atoms with Crippen LogP contribution in [0.1, 0.15) is 20.7 Å². The van der Waals surface area contributed by atoms with E-state index >= 15 is 0 Å². The largest absolute Gasteiger partial charge is 0.484 e. The number of para-hydroxylation sites is 1. The van der Waals surface area contributed by atoms with Crippen molar-refractivity contribution in [3.8, 4) is 11.5 Å². The van der Waals surface area contributed by atoms with E-state index in [4.69, 9.17) is 21.1 Å². The molecule has 130 valence electrons. The maximum Gasteiger partial charge on any atom is 0.343 e. The number of carbonyl (C=O) groups excluding carboxylic acids is 2. The Balaban J connectivity index is 1.59. The van der Waals surface area contributed by atoms with Crippen molar-refractivity contribution in [3.05, 3.63) is 95.0 Å². The van der Waals surface area contributed by atoms with Gasteiger partial charge in [0.05, 0.1) is 10.6 Å². The van der Waals surface area contributed by atoms with Crippen molar-refractivity contribution < 1.29 is 19.1 Å². The first-order chi connectivity index (χ1) is 12.6. The maximum atomic E-state index is 12.2. The number of hydrogen-bond donors (Lipinski definition) is 0. The number of hydrogen-bond acceptors (Lipinski definition) is 4. The zero-order valence-corrected chi connectivity index (χ0v) is 14.5. The second-order valence-corrected chi connectivity index (χ2v) is 5.83. The molecule has 0 unspecified atom stereocenters. The SMILES string of the molecule is O=C(COc1ccccc1Cl)c1ccc(OC(=O)c2ccccc2)cc1. The minimum Gasteiger partial charge on any atom is -0.484 e. The monoisotopic (exact) mass is 366 g/mol. The molecule has 0 radical (unpaired) electrons. The quantitative estimate of drug-likeness (QED) is 0.356. The molecular weight excluding hydrogens is 352 g/mol. The van der Waals surface area contributed by atoms with E-state index in [9.17, 15) is 9.59 Å². The number of esters is 1. The lowest BCUT2D eigenvalue weighted by molar-refractivity contribution is 0.0734. The predicted molar refractivity (Wildman–Crippen MR) is 99.1 cm³/mol. The number of ketones is 1. The summed E-state index contributed by atoms with van der Waals surface area (Å²) in [5.41, 5.74) is 0.914. The fourth-order valence-electron chi connectivity index (χ4n) is 2.24. The van der Waals surface area contributed by atoms with Gasteiger partial charge in [0.15, 0.2) is 12.4 Å². The highest BCUT2D eigenvalue weighted by Gasteiger charge is 2.11. The first kappa shape index (κ1) is 17.7. The Labute approximate surface area is 155 Å². The summed E-state index contributed by atoms with van der Waals surface area (Å²) in [5.74, 6) is 0.163. The van der Waals surface area contributed by atoms with Gasteiger partial charge in [-0.05, 0) is 48.5 Å². The summed E-state index contributed by atoms with van der Waals surface area (Å²) in [5, 5.41) is 0.448. The second-order valence-electron chi connectivity index (χ2n) is 5.42. The lowest BCUT2D eigenvalue weighted by atomic mass is 10.1. The van der Waals surface area contributed by atoms with Crippen LogP contribution in [0.3, 0.4) is 0 Å². The topological polar surface area (TPSA) is 52.6 Å². The lowest BCUT2D eigenvalue weighted by Gasteiger charge is -2.08. The van der Waals surface area contributed by atoms with Crippen molar-refractivity contribution in [1.82, 2.24) is 0 Å². The Kier molecular flexibility index (Phi) is 5.66. The van der Waals surface area contributed by atoms with Crippen molar-refractivity contribution >= 4 is 23.4 Å². The van der Waals surface area contributed by atoms with E-state index in [2.05, 4.69) is 0 Å². The molecule has 0 amide bonds. The van der Waals surface area contributed by atoms with Gasteiger partial charge in [0.1, 0.15) is 11.5 Å². The zero-order chi connectivity index (χ0) is 18.4. The molecule has 0 aliphatic heterocycles. The third kappa shape index (κ3) is 4.49. The van der Waals surface area contributed by atoms with Crippen molar-refractivity contribution in [1.29, 1.82) is 0 Å². The van der Waals surface area contributed by atoms with Crippen LogP contribution >= 0.6 is 11.6 Å². The molecule has 0 fully saturated rings. The van der Waals surface area contributed by atoms with Crippen molar-refractivity contribution in [2.45, 2.75) is 0 Å². The molecule has 0 aliphatic carbocycles. The lowest BCUT2D eigenvalue weighted by Crippen LogP contribution is -2.12. The molecule has 3 aromatic rings. The van der Waals surface area contributed by atoms with Gasteiger partial charge < -0.3 is 9.47 Å². The molecule has 0 saturated carbocycles. The van der Waals surface area contributed by atoms with Crippen molar-refractivity contribution in [3.63, 3.8) is 0 Å². The van der Waals surface area contributed by atoms with Crippen LogP contribution in [0.15, 0.2) is 78.9 Å². The van der Waals surface area contributed by atoms with Gasteiger partial charge >= 0.3 is 5.97 Å². The fraction of sp³-hybridized carbons (Fsp3) is 0.0476. The van der Waals surface area contributed by atoms with Crippen LogP contribution in [-0.4, -0.2) is 18.4 Å².